The molecule has 1 amide bonds. The summed E-state index contributed by atoms with van der Waals surface area (Å²) in [6, 6.07) is 12.7. The SMILES string of the molecule is CCOC(=O)c1ccc2c(c1)sc(=NC(=O)c1ccc(SC)cc1)n2C. The lowest BCUT2D eigenvalue weighted by Gasteiger charge is -2.01. The molecule has 0 fully saturated rings. The van der Waals surface area contributed by atoms with Crippen molar-refractivity contribution in [3.8, 4) is 0 Å². The summed E-state index contributed by atoms with van der Waals surface area (Å²) in [5.74, 6) is -0.640. The van der Waals surface area contributed by atoms with E-state index in [-0.39, 0.29) is 11.9 Å². The van der Waals surface area contributed by atoms with E-state index in [0.29, 0.717) is 22.5 Å². The summed E-state index contributed by atoms with van der Waals surface area (Å²) in [4.78, 5) is 30.3. The smallest absolute Gasteiger partial charge is 0.338 e. The number of rotatable bonds is 4. The van der Waals surface area contributed by atoms with Crippen LogP contribution in [0.4, 0.5) is 0 Å². The van der Waals surface area contributed by atoms with Crippen LogP contribution in [0.3, 0.4) is 0 Å². The van der Waals surface area contributed by atoms with E-state index in [1.807, 2.05) is 36.1 Å². The van der Waals surface area contributed by atoms with Crippen molar-refractivity contribution in [2.45, 2.75) is 11.8 Å². The predicted octanol–water partition coefficient (Wildman–Crippen LogP) is 3.88. The lowest BCUT2D eigenvalue weighted by Crippen LogP contribution is -2.13. The standard InChI is InChI=1S/C19H18N2O3S2/c1-4-24-18(23)13-7-10-15-16(11-13)26-19(21(15)2)20-17(22)12-5-8-14(25-3)9-6-12/h5-11H,4H2,1-3H3. The first kappa shape index (κ1) is 18.4. The highest BCUT2D eigenvalue weighted by atomic mass is 32.2. The molecule has 5 nitrogen and oxygen atoms in total. The number of thiazole rings is 1. The third-order valence-electron chi connectivity index (χ3n) is 3.85. The Morgan fingerprint density at radius 2 is 1.85 bits per heavy atom. The number of benzene rings is 2. The second-order valence-corrected chi connectivity index (χ2v) is 7.38. The van der Waals surface area contributed by atoms with Crippen molar-refractivity contribution in [1.29, 1.82) is 0 Å². The molecule has 2 aromatic carbocycles. The van der Waals surface area contributed by atoms with Gasteiger partial charge < -0.3 is 9.30 Å². The molecule has 0 bridgehead atoms. The average Bonchev–Trinajstić information content (AvgIpc) is 2.97. The second-order valence-electron chi connectivity index (χ2n) is 5.49. The Bertz CT molecular complexity index is 1030. The van der Waals surface area contributed by atoms with Crippen molar-refractivity contribution in [3.63, 3.8) is 0 Å². The number of aryl methyl sites for hydroxylation is 1. The van der Waals surface area contributed by atoms with Gasteiger partial charge in [-0.05, 0) is 55.6 Å². The molecule has 1 aromatic heterocycles. The number of ether oxygens (including phenoxy) is 1. The van der Waals surface area contributed by atoms with Crippen LogP contribution in [0.25, 0.3) is 10.2 Å². The van der Waals surface area contributed by atoms with Crippen molar-refractivity contribution in [1.82, 2.24) is 4.57 Å². The van der Waals surface area contributed by atoms with Gasteiger partial charge >= 0.3 is 5.97 Å². The molecule has 134 valence electrons. The maximum absolute atomic E-state index is 12.4. The average molecular weight is 386 g/mol. The fourth-order valence-electron chi connectivity index (χ4n) is 2.47. The maximum atomic E-state index is 12.4. The normalized spacial score (nSPS) is 11.7. The van der Waals surface area contributed by atoms with E-state index in [9.17, 15) is 9.59 Å². The highest BCUT2D eigenvalue weighted by Crippen LogP contribution is 2.19. The van der Waals surface area contributed by atoms with E-state index >= 15 is 0 Å². The summed E-state index contributed by atoms with van der Waals surface area (Å²) < 4.78 is 7.76. The summed E-state index contributed by atoms with van der Waals surface area (Å²) in [6.45, 7) is 2.11. The fourth-order valence-corrected chi connectivity index (χ4v) is 3.93. The van der Waals surface area contributed by atoms with Gasteiger partial charge in [0.05, 0.1) is 22.4 Å². The molecule has 0 saturated heterocycles. The van der Waals surface area contributed by atoms with Crippen LogP contribution in [-0.4, -0.2) is 29.3 Å². The molecule has 0 saturated carbocycles. The Balaban J connectivity index is 1.98. The molecule has 3 rings (SSSR count). The molecule has 3 aromatic rings. The zero-order valence-corrected chi connectivity index (χ0v) is 16.3. The summed E-state index contributed by atoms with van der Waals surface area (Å²) in [7, 11) is 1.85. The number of carbonyl (C=O) groups excluding carboxylic acids is 2. The van der Waals surface area contributed by atoms with Crippen LogP contribution < -0.4 is 4.80 Å². The monoisotopic (exact) mass is 386 g/mol. The molecule has 26 heavy (non-hydrogen) atoms. The minimum Gasteiger partial charge on any atom is -0.462 e. The van der Waals surface area contributed by atoms with Gasteiger partial charge in [-0.15, -0.1) is 11.8 Å². The number of thioether (sulfide) groups is 1. The van der Waals surface area contributed by atoms with Crippen LogP contribution in [-0.2, 0) is 11.8 Å². The van der Waals surface area contributed by atoms with E-state index in [1.54, 1.807) is 43.0 Å². The Labute approximate surface area is 159 Å². The van der Waals surface area contributed by atoms with Crippen LogP contribution in [0, 0.1) is 0 Å². The van der Waals surface area contributed by atoms with Crippen molar-refractivity contribution < 1.29 is 14.3 Å². The highest BCUT2D eigenvalue weighted by Gasteiger charge is 2.11. The van der Waals surface area contributed by atoms with Gasteiger partial charge in [-0.2, -0.15) is 4.99 Å². The van der Waals surface area contributed by atoms with Crippen molar-refractivity contribution >= 4 is 45.2 Å². The van der Waals surface area contributed by atoms with Gasteiger partial charge in [0, 0.05) is 17.5 Å². The third kappa shape index (κ3) is 3.73. The van der Waals surface area contributed by atoms with E-state index in [4.69, 9.17) is 4.74 Å². The summed E-state index contributed by atoms with van der Waals surface area (Å²) in [5, 5.41) is 0. The number of fused-ring (bicyclic) bond motifs is 1. The van der Waals surface area contributed by atoms with Gasteiger partial charge in [0.25, 0.3) is 5.91 Å². The molecule has 7 heteroatoms. The lowest BCUT2D eigenvalue weighted by atomic mass is 10.2. The zero-order valence-electron chi connectivity index (χ0n) is 14.7. The molecule has 0 atom stereocenters. The van der Waals surface area contributed by atoms with Gasteiger partial charge in [0.2, 0.25) is 0 Å². The number of carbonyl (C=O) groups is 2. The lowest BCUT2D eigenvalue weighted by molar-refractivity contribution is 0.0526. The number of esters is 1. The number of hydrogen-bond acceptors (Lipinski definition) is 5. The third-order valence-corrected chi connectivity index (χ3v) is 5.69. The van der Waals surface area contributed by atoms with E-state index in [0.717, 1.165) is 15.1 Å². The van der Waals surface area contributed by atoms with E-state index in [1.165, 1.54) is 11.3 Å². The number of aromatic nitrogens is 1. The summed E-state index contributed by atoms with van der Waals surface area (Å²) in [5.41, 5.74) is 1.95. The van der Waals surface area contributed by atoms with Crippen molar-refractivity contribution in [3.05, 3.63) is 58.4 Å². The molecule has 0 spiro atoms. The highest BCUT2D eigenvalue weighted by molar-refractivity contribution is 7.98. The van der Waals surface area contributed by atoms with Crippen LogP contribution >= 0.6 is 23.1 Å². The Hall–Kier alpha value is -2.38. The molecular weight excluding hydrogens is 368 g/mol. The largest absolute Gasteiger partial charge is 0.462 e. The predicted molar refractivity (Wildman–Crippen MR) is 105 cm³/mol. The molecule has 0 aliphatic rings. The minimum absolute atomic E-state index is 0.287. The number of nitrogens with zero attached hydrogens (tertiary/aromatic N) is 2. The first-order valence-electron chi connectivity index (χ1n) is 8.03. The maximum Gasteiger partial charge on any atom is 0.338 e. The van der Waals surface area contributed by atoms with Crippen LogP contribution in [0.15, 0.2) is 52.4 Å². The van der Waals surface area contributed by atoms with E-state index < -0.39 is 0 Å². The number of amides is 1. The molecule has 1 heterocycles. The molecule has 0 aliphatic carbocycles. The van der Waals surface area contributed by atoms with Gasteiger partial charge in [-0.3, -0.25) is 4.79 Å². The molecule has 0 radical (unpaired) electrons. The van der Waals surface area contributed by atoms with Gasteiger partial charge in [0.1, 0.15) is 0 Å². The van der Waals surface area contributed by atoms with Crippen LogP contribution in [0.5, 0.6) is 0 Å². The van der Waals surface area contributed by atoms with Crippen molar-refractivity contribution in [2.24, 2.45) is 12.0 Å². The van der Waals surface area contributed by atoms with Gasteiger partial charge in [-0.1, -0.05) is 11.3 Å². The minimum atomic E-state index is -0.353. The van der Waals surface area contributed by atoms with Crippen LogP contribution in [0.2, 0.25) is 0 Å². The van der Waals surface area contributed by atoms with Crippen LogP contribution in [0.1, 0.15) is 27.6 Å². The fraction of sp³-hybridized carbons (Fsp3) is 0.211. The summed E-state index contributed by atoms with van der Waals surface area (Å²) >= 11 is 2.99. The van der Waals surface area contributed by atoms with Gasteiger partial charge in [0.15, 0.2) is 4.80 Å². The summed E-state index contributed by atoms with van der Waals surface area (Å²) in [6.07, 6.45) is 1.99. The molecular formula is C19H18N2O3S2. The Morgan fingerprint density at radius 3 is 2.50 bits per heavy atom. The Kier molecular flexibility index (Phi) is 5.58. The van der Waals surface area contributed by atoms with Gasteiger partial charge in [-0.25, -0.2) is 4.79 Å². The number of hydrogen-bond donors (Lipinski definition) is 0. The zero-order chi connectivity index (χ0) is 18.7. The second kappa shape index (κ2) is 7.88. The quantitative estimate of drug-likeness (QED) is 0.504. The first-order valence-corrected chi connectivity index (χ1v) is 10.1. The molecule has 0 aliphatic heterocycles. The van der Waals surface area contributed by atoms with Crippen molar-refractivity contribution in [2.75, 3.05) is 12.9 Å². The molecule has 0 N–H and O–H groups in total. The molecule has 0 unspecified atom stereocenters. The van der Waals surface area contributed by atoms with E-state index in [2.05, 4.69) is 4.99 Å². The topological polar surface area (TPSA) is 60.7 Å². The Morgan fingerprint density at radius 1 is 1.15 bits per heavy atom. The first-order chi connectivity index (χ1) is 12.5.